The lowest BCUT2D eigenvalue weighted by atomic mass is 9.63. The molecule has 0 saturated carbocycles. The Labute approximate surface area is 232 Å². The van der Waals surface area contributed by atoms with Crippen molar-refractivity contribution in [3.05, 3.63) is 107 Å². The fourth-order valence-corrected chi connectivity index (χ4v) is 7.25. The van der Waals surface area contributed by atoms with E-state index in [1.165, 1.54) is 5.56 Å². The summed E-state index contributed by atoms with van der Waals surface area (Å²) in [6.07, 6.45) is 12.9. The molecule has 4 nitrogen and oxygen atoms in total. The SMILES string of the molecule is C=C[C@@H]1[C@H](C(=C)N(C)C2=c3ccccc3=C(C#N)CC=C2)[C@@]2(CCCc3ccc(C#N)cc3)CC[C@]1(CC)O2. The summed E-state index contributed by atoms with van der Waals surface area (Å²) in [5, 5.41) is 21.0. The second kappa shape index (κ2) is 10.7. The van der Waals surface area contributed by atoms with Crippen molar-refractivity contribution in [1.82, 2.24) is 4.90 Å². The molecule has 0 N–H and O–H groups in total. The molecule has 2 aromatic carbocycles. The van der Waals surface area contributed by atoms with E-state index in [4.69, 9.17) is 16.6 Å². The molecule has 4 heteroatoms. The number of allylic oxidation sites excluding steroid dienone is 1. The van der Waals surface area contributed by atoms with Gasteiger partial charge in [-0.2, -0.15) is 10.5 Å². The molecular weight excluding hydrogens is 478 g/mol. The highest BCUT2D eigenvalue weighted by atomic mass is 16.5. The number of rotatable bonds is 9. The summed E-state index contributed by atoms with van der Waals surface area (Å²) in [6.45, 7) is 11.2. The summed E-state index contributed by atoms with van der Waals surface area (Å²) in [7, 11) is 2.10. The van der Waals surface area contributed by atoms with Crippen LogP contribution in [0.15, 0.2) is 85.6 Å². The van der Waals surface area contributed by atoms with E-state index in [1.807, 2.05) is 30.3 Å². The van der Waals surface area contributed by atoms with Gasteiger partial charge in [0.15, 0.2) is 0 Å². The summed E-state index contributed by atoms with van der Waals surface area (Å²) in [6, 6.07) is 20.7. The lowest BCUT2D eigenvalue weighted by Gasteiger charge is -2.42. The average Bonchev–Trinajstić information content (AvgIpc) is 3.41. The maximum atomic E-state index is 9.78. The molecule has 0 spiro atoms. The first-order valence-corrected chi connectivity index (χ1v) is 14.1. The molecule has 2 bridgehead atoms. The Morgan fingerprint density at radius 3 is 2.46 bits per heavy atom. The van der Waals surface area contributed by atoms with Gasteiger partial charge in [0.25, 0.3) is 0 Å². The van der Waals surface area contributed by atoms with Crippen LogP contribution in [-0.2, 0) is 11.2 Å². The predicted molar refractivity (Wildman–Crippen MR) is 156 cm³/mol. The Morgan fingerprint density at radius 1 is 1.08 bits per heavy atom. The van der Waals surface area contributed by atoms with Gasteiger partial charge in [-0.05, 0) is 67.5 Å². The van der Waals surface area contributed by atoms with Gasteiger partial charge >= 0.3 is 0 Å². The van der Waals surface area contributed by atoms with Crippen LogP contribution in [0.1, 0.15) is 56.6 Å². The number of benzene rings is 2. The Morgan fingerprint density at radius 2 is 1.79 bits per heavy atom. The second-order valence-corrected chi connectivity index (χ2v) is 11.2. The third-order valence-corrected chi connectivity index (χ3v) is 9.32. The molecular formula is C35H37N3O. The lowest BCUT2D eigenvalue weighted by Crippen LogP contribution is -2.44. The monoisotopic (exact) mass is 515 g/mol. The highest BCUT2D eigenvalue weighted by Crippen LogP contribution is 2.63. The van der Waals surface area contributed by atoms with Crippen molar-refractivity contribution in [2.24, 2.45) is 11.8 Å². The summed E-state index contributed by atoms with van der Waals surface area (Å²) >= 11 is 0. The number of ether oxygens (including phenoxy) is 1. The second-order valence-electron chi connectivity index (χ2n) is 11.2. The topological polar surface area (TPSA) is 60.0 Å². The number of hydrogen-bond acceptors (Lipinski definition) is 4. The number of nitriles is 2. The molecule has 3 aliphatic rings. The van der Waals surface area contributed by atoms with E-state index in [1.54, 1.807) is 0 Å². The van der Waals surface area contributed by atoms with E-state index in [0.29, 0.717) is 12.0 Å². The normalized spacial score (nSPS) is 26.9. The first kappa shape index (κ1) is 26.7. The highest BCUT2D eigenvalue weighted by Gasteiger charge is 2.65. The van der Waals surface area contributed by atoms with Crippen LogP contribution < -0.4 is 10.4 Å². The van der Waals surface area contributed by atoms with Gasteiger partial charge in [-0.25, -0.2) is 0 Å². The Balaban J connectivity index is 1.49. The van der Waals surface area contributed by atoms with Crippen molar-refractivity contribution in [2.75, 3.05) is 7.05 Å². The molecule has 0 unspecified atom stereocenters. The van der Waals surface area contributed by atoms with Crippen LogP contribution >= 0.6 is 0 Å². The molecule has 2 heterocycles. The van der Waals surface area contributed by atoms with E-state index in [9.17, 15) is 5.26 Å². The van der Waals surface area contributed by atoms with Gasteiger partial charge in [0, 0.05) is 47.5 Å². The molecule has 39 heavy (non-hydrogen) atoms. The maximum Gasteiger partial charge on any atom is 0.0991 e. The van der Waals surface area contributed by atoms with Gasteiger partial charge in [-0.3, -0.25) is 0 Å². The van der Waals surface area contributed by atoms with Crippen LogP contribution in [0.25, 0.3) is 11.3 Å². The molecule has 198 valence electrons. The van der Waals surface area contributed by atoms with Crippen LogP contribution in [0.4, 0.5) is 0 Å². The van der Waals surface area contributed by atoms with Crippen molar-refractivity contribution in [2.45, 2.75) is 63.1 Å². The molecule has 2 aromatic rings. The summed E-state index contributed by atoms with van der Waals surface area (Å²) in [4.78, 5) is 2.23. The molecule has 0 amide bonds. The minimum absolute atomic E-state index is 0.116. The first-order valence-electron chi connectivity index (χ1n) is 14.1. The van der Waals surface area contributed by atoms with E-state index in [-0.39, 0.29) is 23.0 Å². The van der Waals surface area contributed by atoms with Crippen LogP contribution in [0.2, 0.25) is 0 Å². The van der Waals surface area contributed by atoms with Crippen LogP contribution in [0.3, 0.4) is 0 Å². The van der Waals surface area contributed by atoms with Gasteiger partial charge in [0.1, 0.15) is 0 Å². The molecule has 5 rings (SSSR count). The largest absolute Gasteiger partial charge is 0.367 e. The average molecular weight is 516 g/mol. The quantitative estimate of drug-likeness (QED) is 0.390. The molecule has 2 saturated heterocycles. The minimum atomic E-state index is -0.286. The van der Waals surface area contributed by atoms with Crippen LogP contribution in [-0.4, -0.2) is 23.1 Å². The third kappa shape index (κ3) is 4.54. The van der Waals surface area contributed by atoms with Crippen molar-refractivity contribution >= 4 is 11.3 Å². The van der Waals surface area contributed by atoms with E-state index >= 15 is 0 Å². The lowest BCUT2D eigenvalue weighted by molar-refractivity contribution is -0.0664. The Kier molecular flexibility index (Phi) is 7.35. The molecule has 2 aliphatic heterocycles. The van der Waals surface area contributed by atoms with Crippen LogP contribution in [0, 0.1) is 34.5 Å². The van der Waals surface area contributed by atoms with Gasteiger partial charge < -0.3 is 9.64 Å². The Hall–Kier alpha value is -3.86. The van der Waals surface area contributed by atoms with E-state index < -0.39 is 0 Å². The summed E-state index contributed by atoms with van der Waals surface area (Å²) in [5.41, 5.74) is 4.34. The van der Waals surface area contributed by atoms with Gasteiger partial charge in [-0.15, -0.1) is 6.58 Å². The van der Waals surface area contributed by atoms with E-state index in [2.05, 4.69) is 74.0 Å². The first-order chi connectivity index (χ1) is 18.9. The highest BCUT2D eigenvalue weighted by molar-refractivity contribution is 5.68. The standard InChI is InChI=1S/C35H37N3O/c1-5-31-33(25(3)38(4)32-15-9-12-28(24-37)29-13-7-8-14-30(29)32)35(22-21-34(31,6-2)39-35)20-10-11-26-16-18-27(23-36)19-17-26/h5,7-9,13-19,31,33H,1,3,6,10-12,20-22H2,2,4H3/t31-,33+,34+,35-/m1/s1. The van der Waals surface area contributed by atoms with Crippen LogP contribution in [0.5, 0.6) is 0 Å². The van der Waals surface area contributed by atoms with Gasteiger partial charge in [-0.1, -0.05) is 62.1 Å². The van der Waals surface area contributed by atoms with Gasteiger partial charge in [0.2, 0.25) is 0 Å². The van der Waals surface area contributed by atoms with Crippen molar-refractivity contribution in [3.63, 3.8) is 0 Å². The zero-order chi connectivity index (χ0) is 27.6. The maximum absolute atomic E-state index is 9.78. The number of likely N-dealkylation sites (N-methyl/N-ethyl adjacent to an activating group) is 1. The molecule has 1 aliphatic carbocycles. The molecule has 0 aromatic heterocycles. The fourth-order valence-electron chi connectivity index (χ4n) is 7.25. The number of hydrogen-bond donors (Lipinski definition) is 0. The zero-order valence-electron chi connectivity index (χ0n) is 23.1. The smallest absolute Gasteiger partial charge is 0.0991 e. The predicted octanol–water partition coefficient (Wildman–Crippen LogP) is 5.90. The Bertz CT molecular complexity index is 1520. The zero-order valence-corrected chi connectivity index (χ0v) is 23.1. The number of aryl methyl sites for hydroxylation is 1. The molecule has 0 radical (unpaired) electrons. The van der Waals surface area contributed by atoms with E-state index in [0.717, 1.165) is 65.9 Å². The van der Waals surface area contributed by atoms with Crippen molar-refractivity contribution in [1.29, 1.82) is 10.5 Å². The molecule has 4 atom stereocenters. The summed E-state index contributed by atoms with van der Waals surface area (Å²) < 4.78 is 7.10. The third-order valence-electron chi connectivity index (χ3n) is 9.32. The van der Waals surface area contributed by atoms with Crippen molar-refractivity contribution < 1.29 is 4.74 Å². The van der Waals surface area contributed by atoms with Crippen molar-refractivity contribution in [3.8, 4) is 12.1 Å². The molecule has 2 fully saturated rings. The summed E-state index contributed by atoms with van der Waals surface area (Å²) in [5.74, 6) is 0.304. The number of fused-ring (bicyclic) bond motifs is 3. The minimum Gasteiger partial charge on any atom is -0.367 e. The number of nitrogens with zero attached hydrogens (tertiary/aromatic N) is 3. The van der Waals surface area contributed by atoms with Gasteiger partial charge in [0.05, 0.1) is 28.9 Å². The fraction of sp³-hybridized carbons (Fsp3) is 0.371.